The zero-order valence-electron chi connectivity index (χ0n) is 14.4. The van der Waals surface area contributed by atoms with E-state index < -0.39 is 0 Å². The number of aromatic nitrogens is 1. The first-order chi connectivity index (χ1) is 12.2. The molecule has 2 aromatic rings. The molecule has 25 heavy (non-hydrogen) atoms. The molecule has 1 fully saturated rings. The van der Waals surface area contributed by atoms with E-state index in [1.165, 1.54) is 17.4 Å². The maximum atomic E-state index is 12.1. The van der Waals surface area contributed by atoms with Gasteiger partial charge in [-0.1, -0.05) is 11.3 Å². The van der Waals surface area contributed by atoms with Crippen molar-refractivity contribution >= 4 is 16.5 Å². The van der Waals surface area contributed by atoms with Crippen LogP contribution >= 0.6 is 11.3 Å². The van der Waals surface area contributed by atoms with E-state index in [2.05, 4.69) is 9.88 Å². The minimum Gasteiger partial charge on any atom is -0.493 e. The molecule has 1 aromatic heterocycles. The molecule has 3 rings (SSSR count). The fourth-order valence-electron chi connectivity index (χ4n) is 2.71. The van der Waals surface area contributed by atoms with Gasteiger partial charge in [0, 0.05) is 29.6 Å². The molecular weight excluding hydrogens is 344 g/mol. The van der Waals surface area contributed by atoms with E-state index in [1.54, 1.807) is 27.4 Å². The highest BCUT2D eigenvalue weighted by molar-refractivity contribution is 7.18. The molecule has 0 atom stereocenters. The van der Waals surface area contributed by atoms with Crippen LogP contribution in [-0.2, 0) is 4.74 Å². The minimum absolute atomic E-state index is 0.285. The average Bonchev–Trinajstić information content (AvgIpc) is 2.66. The van der Waals surface area contributed by atoms with Crippen LogP contribution in [0, 0.1) is 0 Å². The first kappa shape index (κ1) is 17.5. The summed E-state index contributed by atoms with van der Waals surface area (Å²) in [5.74, 6) is 1.58. The topological polar surface area (TPSA) is 70.1 Å². The van der Waals surface area contributed by atoms with Gasteiger partial charge in [0.2, 0.25) is 5.75 Å². The predicted molar refractivity (Wildman–Crippen MR) is 96.5 cm³/mol. The second-order valence-electron chi connectivity index (χ2n) is 5.32. The standard InChI is InChI=1S/C17H20N2O5S/c1-21-12-5-4-11(15(22-2)16(12)23-3)13-10-14(20)18-17(25-13)19-6-8-24-9-7-19/h4-5,10H,6-9H2,1-3H3. The minimum atomic E-state index is -0.285. The second kappa shape index (κ2) is 7.71. The summed E-state index contributed by atoms with van der Waals surface area (Å²) in [6.07, 6.45) is 0. The zero-order valence-corrected chi connectivity index (χ0v) is 15.2. The Bertz CT molecular complexity index is 802. The Morgan fingerprint density at radius 1 is 1.08 bits per heavy atom. The smallest absolute Gasteiger partial charge is 0.273 e. The number of hydrogen-bond donors (Lipinski definition) is 0. The maximum absolute atomic E-state index is 12.1. The third kappa shape index (κ3) is 3.54. The van der Waals surface area contributed by atoms with E-state index in [0.717, 1.165) is 23.5 Å². The first-order valence-corrected chi connectivity index (χ1v) is 8.63. The summed E-state index contributed by atoms with van der Waals surface area (Å²) in [5.41, 5.74) is 0.478. The van der Waals surface area contributed by atoms with Gasteiger partial charge in [0.05, 0.1) is 34.5 Å². The van der Waals surface area contributed by atoms with Crippen molar-refractivity contribution in [2.75, 3.05) is 52.5 Å². The Morgan fingerprint density at radius 3 is 2.44 bits per heavy atom. The van der Waals surface area contributed by atoms with Crippen LogP contribution in [0.3, 0.4) is 0 Å². The predicted octanol–water partition coefficient (Wildman–Crippen LogP) is 2.03. The summed E-state index contributed by atoms with van der Waals surface area (Å²) in [5, 5.41) is 0.683. The number of benzene rings is 1. The molecule has 8 heteroatoms. The van der Waals surface area contributed by atoms with Crippen molar-refractivity contribution in [3.05, 3.63) is 28.6 Å². The molecule has 1 aliphatic heterocycles. The summed E-state index contributed by atoms with van der Waals surface area (Å²) in [6.45, 7) is 2.70. The van der Waals surface area contributed by atoms with Crippen LogP contribution in [0.25, 0.3) is 10.4 Å². The van der Waals surface area contributed by atoms with Crippen LogP contribution in [-0.4, -0.2) is 52.6 Å². The largest absolute Gasteiger partial charge is 0.493 e. The van der Waals surface area contributed by atoms with Crippen LogP contribution in [0.2, 0.25) is 0 Å². The molecule has 0 radical (unpaired) electrons. The van der Waals surface area contributed by atoms with Crippen LogP contribution in [0.1, 0.15) is 0 Å². The molecule has 2 heterocycles. The van der Waals surface area contributed by atoms with Crippen molar-refractivity contribution < 1.29 is 18.9 Å². The lowest BCUT2D eigenvalue weighted by Crippen LogP contribution is -2.37. The number of morpholine rings is 1. The van der Waals surface area contributed by atoms with Gasteiger partial charge in [0.25, 0.3) is 5.56 Å². The molecule has 0 spiro atoms. The highest BCUT2D eigenvalue weighted by Gasteiger charge is 2.20. The zero-order chi connectivity index (χ0) is 17.8. The van der Waals surface area contributed by atoms with E-state index in [1.807, 2.05) is 6.07 Å². The molecule has 0 amide bonds. The third-order valence-electron chi connectivity index (χ3n) is 3.91. The highest BCUT2D eigenvalue weighted by Crippen LogP contribution is 2.45. The van der Waals surface area contributed by atoms with Gasteiger partial charge in [-0.2, -0.15) is 4.98 Å². The van der Waals surface area contributed by atoms with Crippen molar-refractivity contribution in [2.45, 2.75) is 0 Å². The molecule has 0 aliphatic carbocycles. The van der Waals surface area contributed by atoms with Gasteiger partial charge >= 0.3 is 0 Å². The normalized spacial score (nSPS) is 14.3. The quantitative estimate of drug-likeness (QED) is 0.804. The monoisotopic (exact) mass is 364 g/mol. The number of nitrogens with zero attached hydrogens (tertiary/aromatic N) is 2. The maximum Gasteiger partial charge on any atom is 0.273 e. The van der Waals surface area contributed by atoms with Crippen molar-refractivity contribution in [3.63, 3.8) is 0 Å². The molecule has 0 saturated carbocycles. The molecule has 0 unspecified atom stereocenters. The van der Waals surface area contributed by atoms with Crippen LogP contribution in [0.4, 0.5) is 5.13 Å². The van der Waals surface area contributed by atoms with Gasteiger partial charge in [0.1, 0.15) is 0 Å². The second-order valence-corrected chi connectivity index (χ2v) is 6.33. The number of rotatable bonds is 5. The summed E-state index contributed by atoms with van der Waals surface area (Å²) < 4.78 is 21.6. The molecule has 7 nitrogen and oxygen atoms in total. The molecule has 1 aliphatic rings. The molecule has 1 aromatic carbocycles. The fourth-order valence-corrected chi connectivity index (χ4v) is 3.78. The number of methoxy groups -OCH3 is 3. The molecule has 1 saturated heterocycles. The Labute approximate surface area is 149 Å². The van der Waals surface area contributed by atoms with E-state index in [4.69, 9.17) is 18.9 Å². The van der Waals surface area contributed by atoms with Crippen molar-refractivity contribution in [3.8, 4) is 27.7 Å². The highest BCUT2D eigenvalue weighted by atomic mass is 32.1. The first-order valence-electron chi connectivity index (χ1n) is 7.82. The summed E-state index contributed by atoms with van der Waals surface area (Å²) >= 11 is 1.44. The summed E-state index contributed by atoms with van der Waals surface area (Å²) in [4.78, 5) is 19.1. The molecule has 0 N–H and O–H groups in total. The third-order valence-corrected chi connectivity index (χ3v) is 5.00. The number of anilines is 1. The number of ether oxygens (including phenoxy) is 4. The van der Waals surface area contributed by atoms with Gasteiger partial charge in [-0.05, 0) is 12.1 Å². The van der Waals surface area contributed by atoms with Gasteiger partial charge in [-0.25, -0.2) is 0 Å². The summed E-state index contributed by atoms with van der Waals surface area (Å²) in [7, 11) is 4.68. The SMILES string of the molecule is COc1ccc(-c2cc(=O)nc(N3CCOCC3)s2)c(OC)c1OC. The Balaban J connectivity index is 2.10. The van der Waals surface area contributed by atoms with Gasteiger partial charge < -0.3 is 23.8 Å². The van der Waals surface area contributed by atoms with Crippen molar-refractivity contribution in [2.24, 2.45) is 0 Å². The summed E-state index contributed by atoms with van der Waals surface area (Å²) in [6, 6.07) is 5.16. The van der Waals surface area contributed by atoms with Crippen LogP contribution < -0.4 is 24.7 Å². The lowest BCUT2D eigenvalue weighted by molar-refractivity contribution is 0.122. The molecular formula is C17H20N2O5S. The molecule has 0 bridgehead atoms. The van der Waals surface area contributed by atoms with E-state index >= 15 is 0 Å². The number of hydrogen-bond acceptors (Lipinski definition) is 8. The Kier molecular flexibility index (Phi) is 5.40. The van der Waals surface area contributed by atoms with Gasteiger partial charge in [-0.3, -0.25) is 4.79 Å². The van der Waals surface area contributed by atoms with Crippen molar-refractivity contribution in [1.82, 2.24) is 4.98 Å². The van der Waals surface area contributed by atoms with Gasteiger partial charge in [-0.15, -0.1) is 0 Å². The van der Waals surface area contributed by atoms with Gasteiger partial charge in [0.15, 0.2) is 16.6 Å². The average molecular weight is 364 g/mol. The van der Waals surface area contributed by atoms with Crippen LogP contribution in [0.15, 0.2) is 23.0 Å². The Morgan fingerprint density at radius 2 is 1.80 bits per heavy atom. The van der Waals surface area contributed by atoms with Crippen LogP contribution in [0.5, 0.6) is 17.2 Å². The van der Waals surface area contributed by atoms with Crippen molar-refractivity contribution in [1.29, 1.82) is 0 Å². The lowest BCUT2D eigenvalue weighted by Gasteiger charge is -2.27. The lowest BCUT2D eigenvalue weighted by atomic mass is 10.1. The van der Waals surface area contributed by atoms with E-state index in [0.29, 0.717) is 35.6 Å². The Hall–Kier alpha value is -2.32. The van der Waals surface area contributed by atoms with E-state index in [9.17, 15) is 4.79 Å². The fraction of sp³-hybridized carbons (Fsp3) is 0.412. The van der Waals surface area contributed by atoms with E-state index in [-0.39, 0.29) is 5.56 Å². The molecule has 134 valence electrons.